The number of aromatic nitrogens is 2. The molecule has 5 nitrogen and oxygen atoms in total. The number of aryl methyl sites for hydroxylation is 1. The Labute approximate surface area is 180 Å². The topological polar surface area (TPSA) is 56.2 Å². The number of carbonyl (C=O) groups excluding carboxylic acids is 1. The molecule has 0 radical (unpaired) electrons. The van der Waals surface area contributed by atoms with Crippen molar-refractivity contribution in [2.45, 2.75) is 20.0 Å². The minimum absolute atomic E-state index is 0.362. The number of hydrogen-bond donors (Lipinski definition) is 1. The van der Waals surface area contributed by atoms with Crippen molar-refractivity contribution >= 4 is 11.7 Å². The first-order valence-corrected chi connectivity index (χ1v) is 9.95. The third-order valence-corrected chi connectivity index (χ3v) is 4.88. The zero-order chi connectivity index (χ0) is 21.8. The lowest BCUT2D eigenvalue weighted by Gasteiger charge is -2.14. The van der Waals surface area contributed by atoms with E-state index in [2.05, 4.69) is 10.4 Å². The standard InChI is InChI=1S/C25H22FN3O2/c1-17-8-10-20(11-9-17)27-25(30)29-15-14-24(28-29)18(2)31-21-12-13-22(23(26)16-21)19-6-4-3-5-7-19/h3-16,18H,1-2H3,(H,27,30)/t18-/m1/s1. The molecule has 6 heteroatoms. The first kappa shape index (κ1) is 20.3. The fourth-order valence-corrected chi connectivity index (χ4v) is 3.17. The minimum Gasteiger partial charge on any atom is -0.484 e. The van der Waals surface area contributed by atoms with Gasteiger partial charge in [-0.05, 0) is 49.7 Å². The van der Waals surface area contributed by atoms with Gasteiger partial charge in [0.05, 0.1) is 0 Å². The number of nitrogens with zero attached hydrogens (tertiary/aromatic N) is 2. The van der Waals surface area contributed by atoms with E-state index in [1.807, 2.05) is 61.5 Å². The molecule has 4 rings (SSSR count). The van der Waals surface area contributed by atoms with Crippen LogP contribution in [0.1, 0.15) is 24.3 Å². The van der Waals surface area contributed by atoms with Gasteiger partial charge in [-0.3, -0.25) is 0 Å². The molecule has 3 aromatic carbocycles. The summed E-state index contributed by atoms with van der Waals surface area (Å²) >= 11 is 0. The van der Waals surface area contributed by atoms with Crippen molar-refractivity contribution < 1.29 is 13.9 Å². The van der Waals surface area contributed by atoms with Gasteiger partial charge in [0, 0.05) is 23.5 Å². The van der Waals surface area contributed by atoms with Crippen LogP contribution in [0.4, 0.5) is 14.9 Å². The average Bonchev–Trinajstić information content (AvgIpc) is 3.27. The van der Waals surface area contributed by atoms with Crippen LogP contribution in [0.15, 0.2) is 85.1 Å². The molecule has 0 saturated carbocycles. The molecule has 0 fully saturated rings. The maximum absolute atomic E-state index is 14.6. The van der Waals surface area contributed by atoms with Gasteiger partial charge in [0.15, 0.2) is 0 Å². The van der Waals surface area contributed by atoms with Crippen molar-refractivity contribution in [1.29, 1.82) is 0 Å². The molecule has 1 amide bonds. The van der Waals surface area contributed by atoms with Gasteiger partial charge in [-0.15, -0.1) is 0 Å². The maximum Gasteiger partial charge on any atom is 0.346 e. The summed E-state index contributed by atoms with van der Waals surface area (Å²) in [6.45, 7) is 3.78. The number of halogens is 1. The van der Waals surface area contributed by atoms with Gasteiger partial charge < -0.3 is 10.1 Å². The SMILES string of the molecule is Cc1ccc(NC(=O)n2ccc([C@@H](C)Oc3ccc(-c4ccccc4)c(F)c3)n2)cc1. The molecule has 1 heterocycles. The Morgan fingerprint density at radius 3 is 2.48 bits per heavy atom. The maximum atomic E-state index is 14.6. The van der Waals surface area contributed by atoms with Crippen molar-refractivity contribution in [3.63, 3.8) is 0 Å². The Kier molecular flexibility index (Phi) is 5.80. The quantitative estimate of drug-likeness (QED) is 0.421. The van der Waals surface area contributed by atoms with E-state index in [4.69, 9.17) is 4.74 Å². The summed E-state index contributed by atoms with van der Waals surface area (Å²) in [7, 11) is 0. The number of carbonyl (C=O) groups is 1. The number of ether oxygens (including phenoxy) is 1. The van der Waals surface area contributed by atoms with E-state index in [1.54, 1.807) is 31.3 Å². The van der Waals surface area contributed by atoms with Gasteiger partial charge >= 0.3 is 6.03 Å². The van der Waals surface area contributed by atoms with Gasteiger partial charge in [-0.25, -0.2) is 9.18 Å². The van der Waals surface area contributed by atoms with Crippen LogP contribution in [0, 0.1) is 12.7 Å². The molecule has 1 N–H and O–H groups in total. The van der Waals surface area contributed by atoms with Crippen LogP contribution in [0.25, 0.3) is 11.1 Å². The predicted molar refractivity (Wildman–Crippen MR) is 119 cm³/mol. The highest BCUT2D eigenvalue weighted by Crippen LogP contribution is 2.28. The second-order valence-corrected chi connectivity index (χ2v) is 7.25. The first-order chi connectivity index (χ1) is 15.0. The zero-order valence-corrected chi connectivity index (χ0v) is 17.2. The highest BCUT2D eigenvalue weighted by molar-refractivity contribution is 5.90. The number of rotatable bonds is 5. The van der Waals surface area contributed by atoms with Crippen molar-refractivity contribution in [2.24, 2.45) is 0 Å². The third-order valence-electron chi connectivity index (χ3n) is 4.88. The van der Waals surface area contributed by atoms with E-state index in [0.717, 1.165) is 11.1 Å². The van der Waals surface area contributed by atoms with Crippen LogP contribution in [-0.2, 0) is 0 Å². The predicted octanol–water partition coefficient (Wildman–Crippen LogP) is 6.22. The summed E-state index contributed by atoms with van der Waals surface area (Å²) in [4.78, 5) is 12.4. The average molecular weight is 415 g/mol. The Hall–Kier alpha value is -3.93. The zero-order valence-electron chi connectivity index (χ0n) is 17.2. The van der Waals surface area contributed by atoms with Gasteiger partial charge in [0.1, 0.15) is 23.4 Å². The molecule has 0 unspecified atom stereocenters. The molecule has 0 spiro atoms. The molecule has 4 aromatic rings. The molecule has 1 aromatic heterocycles. The van der Waals surface area contributed by atoms with Crippen molar-refractivity contribution in [2.75, 3.05) is 5.32 Å². The molecular formula is C25H22FN3O2. The van der Waals surface area contributed by atoms with E-state index in [0.29, 0.717) is 22.7 Å². The third kappa shape index (κ3) is 4.80. The molecule has 0 aliphatic heterocycles. The number of benzene rings is 3. The number of nitrogens with one attached hydrogen (secondary N) is 1. The molecule has 1 atom stereocenters. The molecule has 156 valence electrons. The minimum atomic E-state index is -0.463. The van der Waals surface area contributed by atoms with E-state index in [9.17, 15) is 9.18 Å². The van der Waals surface area contributed by atoms with Crippen molar-refractivity contribution in [1.82, 2.24) is 9.78 Å². The Balaban J connectivity index is 1.43. The second kappa shape index (κ2) is 8.83. The Morgan fingerprint density at radius 1 is 1.03 bits per heavy atom. The van der Waals surface area contributed by atoms with Crippen molar-refractivity contribution in [3.05, 3.63) is 102 Å². The summed E-state index contributed by atoms with van der Waals surface area (Å²) < 4.78 is 21.6. The van der Waals surface area contributed by atoms with Gasteiger partial charge in [0.25, 0.3) is 0 Å². The van der Waals surface area contributed by atoms with Gasteiger partial charge in [-0.1, -0.05) is 48.0 Å². The fourth-order valence-electron chi connectivity index (χ4n) is 3.17. The fraction of sp³-hybridized carbons (Fsp3) is 0.120. The largest absolute Gasteiger partial charge is 0.484 e. The summed E-state index contributed by atoms with van der Waals surface area (Å²) in [5.74, 6) is 0.0299. The molecule has 0 saturated heterocycles. The van der Waals surface area contributed by atoms with E-state index >= 15 is 0 Å². The van der Waals surface area contributed by atoms with Crippen molar-refractivity contribution in [3.8, 4) is 16.9 Å². The van der Waals surface area contributed by atoms with E-state index in [1.165, 1.54) is 10.7 Å². The molecular weight excluding hydrogens is 393 g/mol. The van der Waals surface area contributed by atoms with Crippen LogP contribution in [-0.4, -0.2) is 15.8 Å². The second-order valence-electron chi connectivity index (χ2n) is 7.25. The van der Waals surface area contributed by atoms with Crippen LogP contribution in [0.2, 0.25) is 0 Å². The van der Waals surface area contributed by atoms with Crippen LogP contribution in [0.5, 0.6) is 5.75 Å². The number of hydrogen-bond acceptors (Lipinski definition) is 3. The summed E-state index contributed by atoms with van der Waals surface area (Å²) in [5.41, 5.74) is 3.67. The van der Waals surface area contributed by atoms with Crippen LogP contribution >= 0.6 is 0 Å². The summed E-state index contributed by atoms with van der Waals surface area (Å²) in [6, 6.07) is 22.9. The normalized spacial score (nSPS) is 11.7. The highest BCUT2D eigenvalue weighted by atomic mass is 19.1. The van der Waals surface area contributed by atoms with Crippen LogP contribution in [0.3, 0.4) is 0 Å². The summed E-state index contributed by atoms with van der Waals surface area (Å²) in [6.07, 6.45) is 1.10. The van der Waals surface area contributed by atoms with Gasteiger partial charge in [-0.2, -0.15) is 9.78 Å². The monoisotopic (exact) mass is 415 g/mol. The van der Waals surface area contributed by atoms with Crippen LogP contribution < -0.4 is 10.1 Å². The molecule has 0 aliphatic carbocycles. The molecule has 0 aliphatic rings. The Bertz CT molecular complexity index is 1190. The first-order valence-electron chi connectivity index (χ1n) is 9.95. The van der Waals surface area contributed by atoms with E-state index < -0.39 is 6.10 Å². The molecule has 31 heavy (non-hydrogen) atoms. The number of anilines is 1. The highest BCUT2D eigenvalue weighted by Gasteiger charge is 2.15. The smallest absolute Gasteiger partial charge is 0.346 e. The number of amides is 1. The summed E-state index contributed by atoms with van der Waals surface area (Å²) in [5, 5.41) is 7.08. The molecule has 0 bridgehead atoms. The Morgan fingerprint density at radius 2 is 1.77 bits per heavy atom. The lowest BCUT2D eigenvalue weighted by atomic mass is 10.1. The van der Waals surface area contributed by atoms with E-state index in [-0.39, 0.29) is 11.8 Å². The lowest BCUT2D eigenvalue weighted by Crippen LogP contribution is -2.20. The van der Waals surface area contributed by atoms with Gasteiger partial charge in [0.2, 0.25) is 0 Å². The lowest BCUT2D eigenvalue weighted by molar-refractivity contribution is 0.219.